The second-order valence-corrected chi connectivity index (χ2v) is 6.78. The monoisotopic (exact) mass is 294 g/mol. The lowest BCUT2D eigenvalue weighted by molar-refractivity contribution is 0.955. The molecule has 0 saturated carbocycles. The number of fused-ring (bicyclic) bond motifs is 1. The van der Waals surface area contributed by atoms with E-state index < -0.39 is 0 Å². The van der Waals surface area contributed by atoms with E-state index in [2.05, 4.69) is 21.4 Å². The van der Waals surface area contributed by atoms with Gasteiger partial charge in [-0.15, -0.1) is 10.2 Å². The number of hydrogen-bond donors (Lipinski definition) is 0. The van der Waals surface area contributed by atoms with Crippen molar-refractivity contribution < 1.29 is 0 Å². The molecule has 92 valence electrons. The lowest BCUT2D eigenvalue weighted by Crippen LogP contribution is -1.79. The molecular formula is C11H10N4S3. The molecule has 4 nitrogen and oxygen atoms in total. The van der Waals surface area contributed by atoms with Crippen molar-refractivity contribution in [2.75, 3.05) is 6.26 Å². The van der Waals surface area contributed by atoms with Gasteiger partial charge in [-0.1, -0.05) is 40.9 Å². The fourth-order valence-corrected chi connectivity index (χ4v) is 3.85. The first-order valence-corrected chi connectivity index (χ1v) is 8.31. The molecule has 0 fully saturated rings. The van der Waals surface area contributed by atoms with Crippen molar-refractivity contribution >= 4 is 40.5 Å². The molecule has 0 aromatic carbocycles. The van der Waals surface area contributed by atoms with Gasteiger partial charge in [0.2, 0.25) is 0 Å². The third-order valence-corrected chi connectivity index (χ3v) is 5.39. The zero-order chi connectivity index (χ0) is 12.4. The number of hydrogen-bond acceptors (Lipinski definition) is 6. The summed E-state index contributed by atoms with van der Waals surface area (Å²) in [5, 5.41) is 8.21. The Balaban J connectivity index is 1.72. The van der Waals surface area contributed by atoms with Crippen molar-refractivity contribution in [1.29, 1.82) is 0 Å². The summed E-state index contributed by atoms with van der Waals surface area (Å²) in [6.07, 6.45) is 6.07. The Morgan fingerprint density at radius 1 is 1.28 bits per heavy atom. The van der Waals surface area contributed by atoms with Gasteiger partial charge < -0.3 is 4.40 Å². The molecule has 0 aliphatic rings. The van der Waals surface area contributed by atoms with Crippen molar-refractivity contribution in [1.82, 2.24) is 19.6 Å². The lowest BCUT2D eigenvalue weighted by Gasteiger charge is -1.90. The summed E-state index contributed by atoms with van der Waals surface area (Å²) < 4.78 is 4.03. The topological polar surface area (TPSA) is 43.1 Å². The highest BCUT2D eigenvalue weighted by molar-refractivity contribution is 8.02. The second kappa shape index (κ2) is 5.29. The van der Waals surface area contributed by atoms with Gasteiger partial charge in [-0.3, -0.25) is 0 Å². The molecule has 0 amide bonds. The molecule has 0 aliphatic carbocycles. The van der Waals surface area contributed by atoms with Crippen molar-refractivity contribution in [2.24, 2.45) is 0 Å². The number of aromatic nitrogens is 4. The maximum Gasteiger partial charge on any atom is 0.175 e. The predicted octanol–water partition coefficient (Wildman–Crippen LogP) is 3.20. The van der Waals surface area contributed by atoms with Crippen molar-refractivity contribution in [3.05, 3.63) is 36.3 Å². The summed E-state index contributed by atoms with van der Waals surface area (Å²) in [4.78, 5) is 4.55. The third kappa shape index (κ3) is 2.52. The summed E-state index contributed by atoms with van der Waals surface area (Å²) in [6.45, 7) is 0. The van der Waals surface area contributed by atoms with Gasteiger partial charge in [0, 0.05) is 18.1 Å². The lowest BCUT2D eigenvalue weighted by atomic mass is 10.5. The normalized spacial score (nSPS) is 11.2. The summed E-state index contributed by atoms with van der Waals surface area (Å²) >= 11 is 4.94. The van der Waals surface area contributed by atoms with Crippen LogP contribution in [0.3, 0.4) is 0 Å². The van der Waals surface area contributed by atoms with Crippen molar-refractivity contribution in [3.63, 3.8) is 0 Å². The van der Waals surface area contributed by atoms with Crippen LogP contribution < -0.4 is 0 Å². The highest BCUT2D eigenvalue weighted by atomic mass is 32.2. The molecule has 7 heteroatoms. The van der Waals surface area contributed by atoms with Crippen LogP contribution in [0.2, 0.25) is 0 Å². The van der Waals surface area contributed by atoms with E-state index in [0.717, 1.165) is 25.8 Å². The average molecular weight is 294 g/mol. The minimum atomic E-state index is 0.824. The van der Waals surface area contributed by atoms with Crippen molar-refractivity contribution in [3.8, 4) is 0 Å². The number of thioether (sulfide) groups is 2. The predicted molar refractivity (Wildman–Crippen MR) is 76.4 cm³/mol. The molecule has 0 atom stereocenters. The number of rotatable bonds is 4. The van der Waals surface area contributed by atoms with Gasteiger partial charge in [0.1, 0.15) is 5.65 Å². The van der Waals surface area contributed by atoms with Crippen LogP contribution >= 0.6 is 34.9 Å². The molecule has 0 unspecified atom stereocenters. The molecule has 0 aliphatic heterocycles. The average Bonchev–Trinajstić information content (AvgIpc) is 3.02. The van der Waals surface area contributed by atoms with Crippen LogP contribution in [0.15, 0.2) is 39.3 Å². The minimum absolute atomic E-state index is 0.824. The minimum Gasteiger partial charge on any atom is -0.307 e. The summed E-state index contributed by atoms with van der Waals surface area (Å²) in [7, 11) is 0. The van der Waals surface area contributed by atoms with E-state index in [1.54, 1.807) is 34.9 Å². The quantitative estimate of drug-likeness (QED) is 0.691. The SMILES string of the molecule is CSc1nnc(SCc2cn3ccccc3n2)s1. The van der Waals surface area contributed by atoms with E-state index in [-0.39, 0.29) is 0 Å². The summed E-state index contributed by atoms with van der Waals surface area (Å²) in [6, 6.07) is 6.00. The van der Waals surface area contributed by atoms with Gasteiger partial charge in [0.15, 0.2) is 8.68 Å². The molecule has 0 bridgehead atoms. The first kappa shape index (κ1) is 12.0. The highest BCUT2D eigenvalue weighted by Crippen LogP contribution is 2.29. The Bertz CT molecular complexity index is 628. The Labute approximate surface area is 117 Å². The first-order valence-electron chi connectivity index (χ1n) is 5.28. The Morgan fingerprint density at radius 2 is 2.17 bits per heavy atom. The molecule has 0 radical (unpaired) electrons. The molecule has 0 N–H and O–H groups in total. The summed E-state index contributed by atoms with van der Waals surface area (Å²) in [5.41, 5.74) is 2.04. The molecule has 3 aromatic rings. The molecule has 3 heterocycles. The van der Waals surface area contributed by atoms with Gasteiger partial charge in [-0.05, 0) is 18.4 Å². The van der Waals surface area contributed by atoms with Crippen LogP contribution in [0.4, 0.5) is 0 Å². The fraction of sp³-hybridized carbons (Fsp3) is 0.182. The standard InChI is InChI=1S/C11H10N4S3/c1-16-10-13-14-11(18-10)17-7-8-6-15-5-3-2-4-9(15)12-8/h2-6H,7H2,1H3. The van der Waals surface area contributed by atoms with E-state index in [1.807, 2.05) is 35.1 Å². The van der Waals surface area contributed by atoms with E-state index >= 15 is 0 Å². The van der Waals surface area contributed by atoms with E-state index in [9.17, 15) is 0 Å². The maximum absolute atomic E-state index is 4.55. The Morgan fingerprint density at radius 3 is 2.94 bits per heavy atom. The van der Waals surface area contributed by atoms with E-state index in [0.29, 0.717) is 0 Å². The Kier molecular flexibility index (Phi) is 3.53. The van der Waals surface area contributed by atoms with Gasteiger partial charge in [0.05, 0.1) is 5.69 Å². The molecule has 18 heavy (non-hydrogen) atoms. The number of nitrogens with zero attached hydrogens (tertiary/aromatic N) is 4. The Hall–Kier alpha value is -1.05. The molecular weight excluding hydrogens is 284 g/mol. The van der Waals surface area contributed by atoms with E-state index in [1.165, 1.54) is 0 Å². The van der Waals surface area contributed by atoms with Crippen LogP contribution in [0.1, 0.15) is 5.69 Å². The first-order chi connectivity index (χ1) is 8.85. The number of pyridine rings is 1. The van der Waals surface area contributed by atoms with Crippen LogP contribution in [-0.4, -0.2) is 25.8 Å². The van der Waals surface area contributed by atoms with Gasteiger partial charge in [-0.2, -0.15) is 0 Å². The van der Waals surface area contributed by atoms with Crippen LogP contribution in [0.25, 0.3) is 5.65 Å². The molecule has 0 spiro atoms. The van der Waals surface area contributed by atoms with Crippen LogP contribution in [0.5, 0.6) is 0 Å². The van der Waals surface area contributed by atoms with Gasteiger partial charge >= 0.3 is 0 Å². The molecule has 0 saturated heterocycles. The third-order valence-electron chi connectivity index (χ3n) is 2.32. The van der Waals surface area contributed by atoms with E-state index in [4.69, 9.17) is 0 Å². The molecule has 3 aromatic heterocycles. The zero-order valence-electron chi connectivity index (χ0n) is 9.61. The number of imidazole rings is 1. The van der Waals surface area contributed by atoms with Gasteiger partial charge in [-0.25, -0.2) is 4.98 Å². The largest absolute Gasteiger partial charge is 0.307 e. The molecule has 3 rings (SSSR count). The fourth-order valence-electron chi connectivity index (χ4n) is 1.53. The zero-order valence-corrected chi connectivity index (χ0v) is 12.1. The summed E-state index contributed by atoms with van der Waals surface area (Å²) in [5.74, 6) is 0.824. The van der Waals surface area contributed by atoms with Crippen LogP contribution in [-0.2, 0) is 5.75 Å². The highest BCUT2D eigenvalue weighted by Gasteiger charge is 2.06. The van der Waals surface area contributed by atoms with Gasteiger partial charge in [0.25, 0.3) is 0 Å². The van der Waals surface area contributed by atoms with Crippen molar-refractivity contribution in [2.45, 2.75) is 14.4 Å². The van der Waals surface area contributed by atoms with Crippen LogP contribution in [0, 0.1) is 0 Å². The second-order valence-electron chi connectivity index (χ2n) is 3.53. The maximum atomic E-state index is 4.55. The smallest absolute Gasteiger partial charge is 0.175 e.